The number of benzene rings is 2. The van der Waals surface area contributed by atoms with Crippen LogP contribution in [0, 0.1) is 3.57 Å². The zero-order valence-electron chi connectivity index (χ0n) is 8.43. The number of nitrogen functional groups attached to an aromatic ring is 1. The Balaban J connectivity index is 2.25. The summed E-state index contributed by atoms with van der Waals surface area (Å²) in [5.74, 6) is 0. The Morgan fingerprint density at radius 2 is 1.81 bits per heavy atom. The average molecular weight is 386 g/mol. The number of halogens is 2. The normalized spacial score (nSPS) is 12.4. The lowest BCUT2D eigenvalue weighted by Gasteiger charge is -2.04. The van der Waals surface area contributed by atoms with Gasteiger partial charge in [-0.25, -0.2) is 0 Å². The van der Waals surface area contributed by atoms with Crippen molar-refractivity contribution in [3.8, 4) is 11.1 Å². The van der Waals surface area contributed by atoms with Gasteiger partial charge in [0.2, 0.25) is 0 Å². The molecule has 0 amide bonds. The van der Waals surface area contributed by atoms with E-state index in [4.69, 9.17) is 5.73 Å². The smallest absolute Gasteiger partial charge is 0.0453 e. The first-order valence-electron chi connectivity index (χ1n) is 5.02. The quantitative estimate of drug-likeness (QED) is 0.455. The third-order valence-electron chi connectivity index (χ3n) is 2.96. The summed E-state index contributed by atoms with van der Waals surface area (Å²) in [5.41, 5.74) is 12.2. The van der Waals surface area contributed by atoms with Crippen molar-refractivity contribution in [2.24, 2.45) is 0 Å². The molecule has 2 aromatic rings. The van der Waals surface area contributed by atoms with Crippen molar-refractivity contribution < 1.29 is 0 Å². The first-order chi connectivity index (χ1) is 7.65. The van der Waals surface area contributed by atoms with Crippen molar-refractivity contribution in [3.05, 3.63) is 49.5 Å². The second-order valence-corrected chi connectivity index (χ2v) is 6.09. The van der Waals surface area contributed by atoms with Crippen LogP contribution >= 0.6 is 38.5 Å². The summed E-state index contributed by atoms with van der Waals surface area (Å²) in [6.45, 7) is 0. The summed E-state index contributed by atoms with van der Waals surface area (Å²) in [7, 11) is 0. The lowest BCUT2D eigenvalue weighted by molar-refractivity contribution is 1.26. The van der Waals surface area contributed by atoms with Crippen molar-refractivity contribution in [2.75, 3.05) is 5.73 Å². The molecule has 1 nitrogen and oxygen atoms in total. The molecule has 16 heavy (non-hydrogen) atoms. The van der Waals surface area contributed by atoms with Crippen LogP contribution in [0.3, 0.4) is 0 Å². The number of rotatable bonds is 0. The number of fused-ring (bicyclic) bond motifs is 3. The van der Waals surface area contributed by atoms with Crippen LogP contribution in [0.5, 0.6) is 0 Å². The van der Waals surface area contributed by atoms with Crippen LogP contribution in [-0.2, 0) is 6.42 Å². The van der Waals surface area contributed by atoms with E-state index in [9.17, 15) is 0 Å². The van der Waals surface area contributed by atoms with Gasteiger partial charge in [0.05, 0.1) is 0 Å². The van der Waals surface area contributed by atoms with Gasteiger partial charge in [0.15, 0.2) is 0 Å². The molecule has 0 saturated heterocycles. The lowest BCUT2D eigenvalue weighted by atomic mass is 10.1. The van der Waals surface area contributed by atoms with E-state index in [-0.39, 0.29) is 0 Å². The summed E-state index contributed by atoms with van der Waals surface area (Å²) in [6.07, 6.45) is 0.991. The molecule has 1 aliphatic carbocycles. The molecule has 0 aliphatic heterocycles. The molecule has 2 aromatic carbocycles. The first-order valence-corrected chi connectivity index (χ1v) is 6.89. The van der Waals surface area contributed by atoms with Gasteiger partial charge in [-0.2, -0.15) is 0 Å². The SMILES string of the molecule is Nc1cc2c(cc1I)-c1ccc(Br)cc1C2. The fourth-order valence-corrected chi connectivity index (χ4v) is 3.09. The monoisotopic (exact) mass is 385 g/mol. The Morgan fingerprint density at radius 3 is 2.62 bits per heavy atom. The Kier molecular flexibility index (Phi) is 2.47. The average Bonchev–Trinajstić information content (AvgIpc) is 2.55. The van der Waals surface area contributed by atoms with Gasteiger partial charge in [-0.15, -0.1) is 0 Å². The van der Waals surface area contributed by atoms with Crippen molar-refractivity contribution in [2.45, 2.75) is 6.42 Å². The van der Waals surface area contributed by atoms with E-state index < -0.39 is 0 Å². The number of anilines is 1. The molecule has 2 N–H and O–H groups in total. The second kappa shape index (κ2) is 3.74. The summed E-state index contributed by atoms with van der Waals surface area (Å²) < 4.78 is 2.27. The van der Waals surface area contributed by atoms with Gasteiger partial charge in [0.1, 0.15) is 0 Å². The number of hydrogen-bond acceptors (Lipinski definition) is 1. The maximum Gasteiger partial charge on any atom is 0.0453 e. The standard InChI is InChI=1S/C13H9BrIN/c14-9-1-2-10-7(4-9)3-8-5-13(16)12(15)6-11(8)10/h1-2,4-6H,3,16H2. The van der Waals surface area contributed by atoms with Crippen molar-refractivity contribution in [1.29, 1.82) is 0 Å². The maximum atomic E-state index is 5.94. The van der Waals surface area contributed by atoms with Crippen LogP contribution in [0.2, 0.25) is 0 Å². The molecule has 3 rings (SSSR count). The Bertz CT molecular complexity index is 593. The molecule has 0 fully saturated rings. The molecule has 1 aliphatic rings. The predicted octanol–water partition coefficient (Wildman–Crippen LogP) is 4.21. The van der Waals surface area contributed by atoms with Crippen molar-refractivity contribution in [3.63, 3.8) is 0 Å². The van der Waals surface area contributed by atoms with E-state index in [0.717, 1.165) is 20.2 Å². The van der Waals surface area contributed by atoms with Crippen LogP contribution in [0.1, 0.15) is 11.1 Å². The molecule has 0 unspecified atom stereocenters. The van der Waals surface area contributed by atoms with E-state index in [2.05, 4.69) is 68.9 Å². The zero-order valence-corrected chi connectivity index (χ0v) is 12.2. The van der Waals surface area contributed by atoms with E-state index in [1.54, 1.807) is 0 Å². The maximum absolute atomic E-state index is 5.94. The fraction of sp³-hybridized carbons (Fsp3) is 0.0769. The molecule has 3 heteroatoms. The van der Waals surface area contributed by atoms with Gasteiger partial charge in [-0.3, -0.25) is 0 Å². The summed E-state index contributed by atoms with van der Waals surface area (Å²) in [6, 6.07) is 10.8. The molecule has 0 radical (unpaired) electrons. The van der Waals surface area contributed by atoms with E-state index >= 15 is 0 Å². The highest BCUT2D eigenvalue weighted by atomic mass is 127. The van der Waals surface area contributed by atoms with Crippen LogP contribution in [0.4, 0.5) is 5.69 Å². The molecule has 0 spiro atoms. The molecule has 0 bridgehead atoms. The second-order valence-electron chi connectivity index (χ2n) is 4.01. The van der Waals surface area contributed by atoms with Gasteiger partial charge < -0.3 is 5.73 Å². The molecule has 0 aromatic heterocycles. The Hall–Kier alpha value is -0.550. The van der Waals surface area contributed by atoms with Gasteiger partial charge in [-0.05, 0) is 75.5 Å². The third kappa shape index (κ3) is 1.57. The lowest BCUT2D eigenvalue weighted by Crippen LogP contribution is -1.91. The molecule has 80 valence electrons. The highest BCUT2D eigenvalue weighted by Gasteiger charge is 2.19. The molecule has 0 atom stereocenters. The fourth-order valence-electron chi connectivity index (χ4n) is 2.21. The van der Waals surface area contributed by atoms with Gasteiger partial charge in [-0.1, -0.05) is 22.0 Å². The predicted molar refractivity (Wildman–Crippen MR) is 79.5 cm³/mol. The molecular formula is C13H9BrIN. The largest absolute Gasteiger partial charge is 0.398 e. The highest BCUT2D eigenvalue weighted by Crippen LogP contribution is 2.40. The minimum Gasteiger partial charge on any atom is -0.398 e. The number of hydrogen-bond donors (Lipinski definition) is 1. The highest BCUT2D eigenvalue weighted by molar-refractivity contribution is 14.1. The van der Waals surface area contributed by atoms with Gasteiger partial charge in [0.25, 0.3) is 0 Å². The Labute approximate surface area is 116 Å². The number of nitrogens with two attached hydrogens (primary N) is 1. The topological polar surface area (TPSA) is 26.0 Å². The Morgan fingerprint density at radius 1 is 1.06 bits per heavy atom. The molecule has 0 heterocycles. The van der Waals surface area contributed by atoms with Gasteiger partial charge in [0, 0.05) is 13.7 Å². The minimum atomic E-state index is 0.881. The van der Waals surface area contributed by atoms with Gasteiger partial charge >= 0.3 is 0 Å². The van der Waals surface area contributed by atoms with Crippen molar-refractivity contribution >= 4 is 44.2 Å². The summed E-state index contributed by atoms with van der Waals surface area (Å²) >= 11 is 5.80. The van der Waals surface area contributed by atoms with Crippen LogP contribution < -0.4 is 5.73 Å². The summed E-state index contributed by atoms with van der Waals surface area (Å²) in [5, 5.41) is 0. The van der Waals surface area contributed by atoms with Crippen LogP contribution in [0.25, 0.3) is 11.1 Å². The third-order valence-corrected chi connectivity index (χ3v) is 4.39. The van der Waals surface area contributed by atoms with Crippen molar-refractivity contribution in [1.82, 2.24) is 0 Å². The molecular weight excluding hydrogens is 377 g/mol. The summed E-state index contributed by atoms with van der Waals surface area (Å²) in [4.78, 5) is 0. The first kappa shape index (κ1) is 10.6. The van der Waals surface area contributed by atoms with E-state index in [1.807, 2.05) is 0 Å². The van der Waals surface area contributed by atoms with Crippen LogP contribution in [0.15, 0.2) is 34.8 Å². The van der Waals surface area contributed by atoms with E-state index in [1.165, 1.54) is 22.3 Å². The molecule has 0 saturated carbocycles. The van der Waals surface area contributed by atoms with Crippen LogP contribution in [-0.4, -0.2) is 0 Å². The zero-order chi connectivity index (χ0) is 11.3. The van der Waals surface area contributed by atoms with E-state index in [0.29, 0.717) is 0 Å². The minimum absolute atomic E-state index is 0.881.